The number of H-pyrrole nitrogens is 1. The molecule has 1 aliphatic heterocycles. The first-order valence-electron chi connectivity index (χ1n) is 7.40. The number of carbonyl (C=O) groups excluding carboxylic acids is 1. The maximum absolute atomic E-state index is 12.6. The third kappa shape index (κ3) is 2.97. The van der Waals surface area contributed by atoms with Crippen molar-refractivity contribution in [1.82, 2.24) is 9.88 Å². The van der Waals surface area contributed by atoms with Crippen LogP contribution in [0.2, 0.25) is 5.02 Å². The average Bonchev–Trinajstić information content (AvgIpc) is 2.54. The standard InChI is InChI=1S/C16H17ClN2O4/c17-10-1-2-11-13(5-10)18-6-12(15(11)22)16(23)19-4-3-9(8-20)14(21)7-19/h1-2,5-6,9,14,20-21H,3-4,7-8H2,(H,18,22)/t9-,14-/m1/s1. The highest BCUT2D eigenvalue weighted by atomic mass is 35.5. The van der Waals surface area contributed by atoms with Gasteiger partial charge in [-0.3, -0.25) is 9.59 Å². The lowest BCUT2D eigenvalue weighted by atomic mass is 9.94. The van der Waals surface area contributed by atoms with E-state index in [1.807, 2.05) is 0 Å². The van der Waals surface area contributed by atoms with Gasteiger partial charge in [-0.25, -0.2) is 0 Å². The number of pyridine rings is 1. The number of hydrogen-bond donors (Lipinski definition) is 3. The van der Waals surface area contributed by atoms with Crippen LogP contribution in [0.4, 0.5) is 0 Å². The molecule has 0 aliphatic carbocycles. The molecule has 1 aromatic heterocycles. The number of aromatic amines is 1. The van der Waals surface area contributed by atoms with E-state index in [4.69, 9.17) is 16.7 Å². The van der Waals surface area contributed by atoms with Crippen molar-refractivity contribution in [2.24, 2.45) is 5.92 Å². The fourth-order valence-electron chi connectivity index (χ4n) is 2.90. The number of carbonyl (C=O) groups is 1. The van der Waals surface area contributed by atoms with Crippen molar-refractivity contribution >= 4 is 28.4 Å². The van der Waals surface area contributed by atoms with Crippen LogP contribution in [-0.2, 0) is 0 Å². The smallest absolute Gasteiger partial charge is 0.259 e. The molecule has 2 heterocycles. The monoisotopic (exact) mass is 336 g/mol. The van der Waals surface area contributed by atoms with Crippen LogP contribution in [0.15, 0.2) is 29.2 Å². The van der Waals surface area contributed by atoms with E-state index in [2.05, 4.69) is 4.98 Å². The molecule has 7 heteroatoms. The molecule has 0 spiro atoms. The summed E-state index contributed by atoms with van der Waals surface area (Å²) in [6.45, 7) is 0.405. The highest BCUT2D eigenvalue weighted by molar-refractivity contribution is 6.31. The first kappa shape index (κ1) is 16.0. The number of piperidine rings is 1. The van der Waals surface area contributed by atoms with Crippen molar-refractivity contribution in [2.45, 2.75) is 12.5 Å². The molecule has 6 nitrogen and oxygen atoms in total. The Bertz CT molecular complexity index is 804. The van der Waals surface area contributed by atoms with Gasteiger partial charge in [0.1, 0.15) is 5.56 Å². The van der Waals surface area contributed by atoms with E-state index >= 15 is 0 Å². The van der Waals surface area contributed by atoms with Gasteiger partial charge in [0.05, 0.1) is 11.6 Å². The highest BCUT2D eigenvalue weighted by Crippen LogP contribution is 2.20. The molecule has 2 atom stereocenters. The van der Waals surface area contributed by atoms with Crippen molar-refractivity contribution in [3.63, 3.8) is 0 Å². The number of nitrogens with zero attached hydrogens (tertiary/aromatic N) is 1. The fourth-order valence-corrected chi connectivity index (χ4v) is 3.07. The number of halogens is 1. The second-order valence-corrected chi connectivity index (χ2v) is 6.21. The van der Waals surface area contributed by atoms with Crippen LogP contribution >= 0.6 is 11.6 Å². The fraction of sp³-hybridized carbons (Fsp3) is 0.375. The number of fused-ring (bicyclic) bond motifs is 1. The lowest BCUT2D eigenvalue weighted by Crippen LogP contribution is -2.48. The summed E-state index contributed by atoms with van der Waals surface area (Å²) >= 11 is 5.89. The van der Waals surface area contributed by atoms with Gasteiger partial charge in [0.25, 0.3) is 5.91 Å². The quantitative estimate of drug-likeness (QED) is 0.762. The number of nitrogens with one attached hydrogen (secondary N) is 1. The predicted octanol–water partition coefficient (Wildman–Crippen LogP) is 0.997. The van der Waals surface area contributed by atoms with E-state index in [0.29, 0.717) is 28.9 Å². The Kier molecular flexibility index (Phi) is 4.39. The second kappa shape index (κ2) is 6.31. The summed E-state index contributed by atoms with van der Waals surface area (Å²) in [5, 5.41) is 20.0. The van der Waals surface area contributed by atoms with Gasteiger partial charge >= 0.3 is 0 Å². The Morgan fingerprint density at radius 1 is 1.43 bits per heavy atom. The summed E-state index contributed by atoms with van der Waals surface area (Å²) in [4.78, 5) is 29.5. The normalized spacial score (nSPS) is 21.6. The van der Waals surface area contributed by atoms with Gasteiger partial charge in [-0.1, -0.05) is 11.6 Å². The third-order valence-electron chi connectivity index (χ3n) is 4.32. The molecule has 1 aromatic carbocycles. The highest BCUT2D eigenvalue weighted by Gasteiger charge is 2.31. The zero-order valence-electron chi connectivity index (χ0n) is 12.3. The van der Waals surface area contributed by atoms with Crippen molar-refractivity contribution in [3.8, 4) is 0 Å². The summed E-state index contributed by atoms with van der Waals surface area (Å²) < 4.78 is 0. The van der Waals surface area contributed by atoms with Crippen molar-refractivity contribution in [3.05, 3.63) is 45.2 Å². The maximum Gasteiger partial charge on any atom is 0.259 e. The van der Waals surface area contributed by atoms with E-state index in [0.717, 1.165) is 0 Å². The number of β-amino-alcohol motifs (C(OH)–C–C–N with tert-alkyl or cyclic N) is 1. The first-order valence-corrected chi connectivity index (χ1v) is 7.78. The average molecular weight is 337 g/mol. The summed E-state index contributed by atoms with van der Waals surface area (Å²) in [7, 11) is 0. The topological polar surface area (TPSA) is 93.6 Å². The third-order valence-corrected chi connectivity index (χ3v) is 4.55. The number of aliphatic hydroxyl groups excluding tert-OH is 2. The number of aliphatic hydroxyl groups is 2. The Labute approximate surface area is 137 Å². The van der Waals surface area contributed by atoms with Crippen LogP contribution < -0.4 is 5.43 Å². The number of aromatic nitrogens is 1. The Morgan fingerprint density at radius 2 is 2.22 bits per heavy atom. The van der Waals surface area contributed by atoms with Gasteiger partial charge in [-0.15, -0.1) is 0 Å². The molecule has 0 saturated carbocycles. The summed E-state index contributed by atoms with van der Waals surface area (Å²) in [5.41, 5.74) is 0.242. The van der Waals surface area contributed by atoms with E-state index < -0.39 is 12.0 Å². The summed E-state index contributed by atoms with van der Waals surface area (Å²) in [6, 6.07) is 4.81. The van der Waals surface area contributed by atoms with E-state index in [1.165, 1.54) is 11.1 Å². The van der Waals surface area contributed by atoms with E-state index in [9.17, 15) is 14.7 Å². The SMILES string of the molecule is O=C(c1c[nH]c2cc(Cl)ccc2c1=O)N1CC[C@H](CO)[C@H](O)C1. The number of benzene rings is 1. The predicted molar refractivity (Wildman–Crippen MR) is 86.7 cm³/mol. The van der Waals surface area contributed by atoms with Crippen molar-refractivity contribution < 1.29 is 15.0 Å². The zero-order chi connectivity index (χ0) is 16.6. The van der Waals surface area contributed by atoms with Crippen LogP contribution in [0.25, 0.3) is 10.9 Å². The maximum atomic E-state index is 12.6. The summed E-state index contributed by atoms with van der Waals surface area (Å²) in [6.07, 6.45) is 1.11. The van der Waals surface area contributed by atoms with Gasteiger partial charge in [-0.05, 0) is 24.6 Å². The van der Waals surface area contributed by atoms with Gasteiger partial charge in [-0.2, -0.15) is 0 Å². The Balaban J connectivity index is 1.91. The number of hydrogen-bond acceptors (Lipinski definition) is 4. The van der Waals surface area contributed by atoms with Crippen LogP contribution in [0, 0.1) is 5.92 Å². The first-order chi connectivity index (χ1) is 11.0. The Morgan fingerprint density at radius 3 is 2.91 bits per heavy atom. The molecule has 0 unspecified atom stereocenters. The molecule has 1 saturated heterocycles. The largest absolute Gasteiger partial charge is 0.396 e. The molecule has 0 radical (unpaired) electrons. The van der Waals surface area contributed by atoms with Gasteiger partial charge in [0, 0.05) is 42.2 Å². The molecular weight excluding hydrogens is 320 g/mol. The molecule has 1 fully saturated rings. The van der Waals surface area contributed by atoms with Gasteiger partial charge in [0.15, 0.2) is 0 Å². The molecule has 2 aromatic rings. The van der Waals surface area contributed by atoms with Crippen molar-refractivity contribution in [2.75, 3.05) is 19.7 Å². The number of likely N-dealkylation sites (tertiary alicyclic amines) is 1. The molecule has 1 aliphatic rings. The lowest BCUT2D eigenvalue weighted by Gasteiger charge is -2.35. The van der Waals surface area contributed by atoms with Gasteiger partial charge < -0.3 is 20.1 Å². The molecule has 122 valence electrons. The second-order valence-electron chi connectivity index (χ2n) is 5.77. The van der Waals surface area contributed by atoms with E-state index in [-0.39, 0.29) is 30.1 Å². The van der Waals surface area contributed by atoms with Crippen LogP contribution in [0.1, 0.15) is 16.8 Å². The van der Waals surface area contributed by atoms with Gasteiger partial charge in [0.2, 0.25) is 5.43 Å². The molecular formula is C16H17ClN2O4. The molecule has 3 N–H and O–H groups in total. The summed E-state index contributed by atoms with van der Waals surface area (Å²) in [5.74, 6) is -0.644. The minimum Gasteiger partial charge on any atom is -0.396 e. The van der Waals surface area contributed by atoms with Crippen LogP contribution in [-0.4, -0.2) is 51.8 Å². The molecule has 23 heavy (non-hydrogen) atoms. The lowest BCUT2D eigenvalue weighted by molar-refractivity contribution is 0.000820. The van der Waals surface area contributed by atoms with E-state index in [1.54, 1.807) is 18.2 Å². The minimum absolute atomic E-state index is 0.0365. The Hall–Kier alpha value is -1.89. The molecule has 3 rings (SSSR count). The molecule has 1 amide bonds. The van der Waals surface area contributed by atoms with Crippen molar-refractivity contribution in [1.29, 1.82) is 0 Å². The number of amides is 1. The van der Waals surface area contributed by atoms with Crippen LogP contribution in [0.3, 0.4) is 0 Å². The zero-order valence-corrected chi connectivity index (χ0v) is 13.1. The molecule has 0 bridgehead atoms. The van der Waals surface area contributed by atoms with Crippen LogP contribution in [0.5, 0.6) is 0 Å². The number of rotatable bonds is 2. The minimum atomic E-state index is -0.781.